The Morgan fingerprint density at radius 2 is 2.67 bits per heavy atom. The fourth-order valence-corrected chi connectivity index (χ4v) is 1.39. The van der Waals surface area contributed by atoms with E-state index in [1.165, 1.54) is 0 Å². The lowest BCUT2D eigenvalue weighted by Gasteiger charge is -1.85. The van der Waals surface area contributed by atoms with Gasteiger partial charge in [-0.25, -0.2) is 0 Å². The van der Waals surface area contributed by atoms with Crippen molar-refractivity contribution in [3.63, 3.8) is 0 Å². The molecule has 4 heteroatoms. The van der Waals surface area contributed by atoms with Gasteiger partial charge in [-0.05, 0) is 0 Å². The number of aromatic nitrogens is 2. The molecule has 1 heterocycles. The first-order valence-corrected chi connectivity index (χ1v) is 4.02. The molecule has 0 bridgehead atoms. The zero-order chi connectivity index (χ0) is 6.69. The fourth-order valence-electron chi connectivity index (χ4n) is 0.536. The Labute approximate surface area is 63.2 Å². The molecule has 0 N–H and O–H groups in total. The van der Waals surface area contributed by atoms with Crippen LogP contribution in [0, 0.1) is 0 Å². The van der Waals surface area contributed by atoms with E-state index in [9.17, 15) is 0 Å². The average Bonchev–Trinajstić information content (AvgIpc) is 2.17. The van der Waals surface area contributed by atoms with Crippen molar-refractivity contribution in [3.05, 3.63) is 12.4 Å². The maximum Gasteiger partial charge on any atom is 0.0728 e. The highest BCUT2D eigenvalue weighted by atomic mass is 35.5. The average molecular weight is 163 g/mol. The smallest absolute Gasteiger partial charge is 0.0728 e. The van der Waals surface area contributed by atoms with Crippen molar-refractivity contribution in [1.29, 1.82) is 0 Å². The summed E-state index contributed by atoms with van der Waals surface area (Å²) < 4.78 is 1.76. The van der Waals surface area contributed by atoms with E-state index in [1.54, 1.807) is 22.6 Å². The molecule has 0 aliphatic rings. The van der Waals surface area contributed by atoms with Crippen molar-refractivity contribution in [3.8, 4) is 0 Å². The third kappa shape index (κ3) is 1.91. The van der Waals surface area contributed by atoms with Crippen LogP contribution in [0.2, 0.25) is 0 Å². The SMILES string of the molecule is Cn1cc(SCCl)cn1. The summed E-state index contributed by atoms with van der Waals surface area (Å²) in [5.41, 5.74) is 0. The molecular formula is C5H7ClN2S. The lowest BCUT2D eigenvalue weighted by molar-refractivity contribution is 0.766. The van der Waals surface area contributed by atoms with Gasteiger partial charge in [0.2, 0.25) is 0 Å². The summed E-state index contributed by atoms with van der Waals surface area (Å²) in [6, 6.07) is 0. The Hall–Kier alpha value is -0.150. The van der Waals surface area contributed by atoms with Crippen molar-refractivity contribution < 1.29 is 0 Å². The Morgan fingerprint density at radius 3 is 3.11 bits per heavy atom. The molecule has 1 aromatic heterocycles. The predicted octanol–water partition coefficient (Wildman–Crippen LogP) is 1.71. The molecular weight excluding hydrogens is 156 g/mol. The highest BCUT2D eigenvalue weighted by Crippen LogP contribution is 2.16. The molecule has 0 spiro atoms. The van der Waals surface area contributed by atoms with Crippen molar-refractivity contribution in [2.75, 3.05) is 5.21 Å². The van der Waals surface area contributed by atoms with Gasteiger partial charge in [-0.15, -0.1) is 23.4 Å². The second-order valence-corrected chi connectivity index (χ2v) is 3.24. The quantitative estimate of drug-likeness (QED) is 0.487. The molecule has 0 radical (unpaired) electrons. The van der Waals surface area contributed by atoms with Crippen LogP contribution in [0.15, 0.2) is 17.3 Å². The van der Waals surface area contributed by atoms with Gasteiger partial charge in [0.25, 0.3) is 0 Å². The van der Waals surface area contributed by atoms with Crippen LogP contribution in [0.25, 0.3) is 0 Å². The summed E-state index contributed by atoms with van der Waals surface area (Å²) in [7, 11) is 1.89. The number of rotatable bonds is 2. The first-order chi connectivity index (χ1) is 4.33. The monoisotopic (exact) mass is 162 g/mol. The molecule has 0 saturated heterocycles. The van der Waals surface area contributed by atoms with Gasteiger partial charge in [0, 0.05) is 18.1 Å². The number of thioether (sulfide) groups is 1. The van der Waals surface area contributed by atoms with Crippen LogP contribution in [0.1, 0.15) is 0 Å². The summed E-state index contributed by atoms with van der Waals surface area (Å²) in [4.78, 5) is 1.12. The van der Waals surface area contributed by atoms with E-state index in [0.29, 0.717) is 5.21 Å². The van der Waals surface area contributed by atoms with Gasteiger partial charge in [-0.2, -0.15) is 5.10 Å². The standard InChI is InChI=1S/C5H7ClN2S/c1-8-3-5(2-7-8)9-4-6/h2-3H,4H2,1H3. The van der Waals surface area contributed by atoms with E-state index in [-0.39, 0.29) is 0 Å². The third-order valence-corrected chi connectivity index (χ3v) is 1.88. The number of hydrogen-bond acceptors (Lipinski definition) is 2. The first kappa shape index (κ1) is 6.96. The number of alkyl halides is 1. The minimum absolute atomic E-state index is 0.589. The van der Waals surface area contributed by atoms with Crippen molar-refractivity contribution in [1.82, 2.24) is 9.78 Å². The molecule has 0 aromatic carbocycles. The van der Waals surface area contributed by atoms with Gasteiger partial charge in [-0.3, -0.25) is 4.68 Å². The number of nitrogens with zero attached hydrogens (tertiary/aromatic N) is 2. The summed E-state index contributed by atoms with van der Waals surface area (Å²) in [6.07, 6.45) is 3.74. The van der Waals surface area contributed by atoms with E-state index in [4.69, 9.17) is 11.6 Å². The van der Waals surface area contributed by atoms with Crippen LogP contribution >= 0.6 is 23.4 Å². The van der Waals surface area contributed by atoms with Gasteiger partial charge < -0.3 is 0 Å². The van der Waals surface area contributed by atoms with Gasteiger partial charge in [0.15, 0.2) is 0 Å². The molecule has 0 aliphatic heterocycles. The summed E-state index contributed by atoms with van der Waals surface area (Å²) in [6.45, 7) is 0. The van der Waals surface area contributed by atoms with E-state index < -0.39 is 0 Å². The van der Waals surface area contributed by atoms with Crippen LogP contribution in [0.5, 0.6) is 0 Å². The summed E-state index contributed by atoms with van der Waals surface area (Å²) >= 11 is 7.05. The van der Waals surface area contributed by atoms with Gasteiger partial charge in [0.1, 0.15) is 0 Å². The van der Waals surface area contributed by atoms with Crippen LogP contribution in [-0.4, -0.2) is 15.0 Å². The van der Waals surface area contributed by atoms with E-state index >= 15 is 0 Å². The molecule has 50 valence electrons. The lowest BCUT2D eigenvalue weighted by atomic mass is 10.7. The van der Waals surface area contributed by atoms with E-state index in [2.05, 4.69) is 5.10 Å². The van der Waals surface area contributed by atoms with Crippen LogP contribution < -0.4 is 0 Å². The Balaban J connectivity index is 2.61. The van der Waals surface area contributed by atoms with Crippen molar-refractivity contribution in [2.45, 2.75) is 4.90 Å². The van der Waals surface area contributed by atoms with Crippen LogP contribution in [0.3, 0.4) is 0 Å². The molecule has 9 heavy (non-hydrogen) atoms. The summed E-state index contributed by atoms with van der Waals surface area (Å²) in [5.74, 6) is 0. The minimum atomic E-state index is 0.589. The van der Waals surface area contributed by atoms with E-state index in [0.717, 1.165) is 4.90 Å². The maximum absolute atomic E-state index is 5.47. The number of aryl methyl sites for hydroxylation is 1. The van der Waals surface area contributed by atoms with Crippen molar-refractivity contribution >= 4 is 23.4 Å². The second kappa shape index (κ2) is 3.13. The van der Waals surface area contributed by atoms with E-state index in [1.807, 2.05) is 13.2 Å². The molecule has 1 aromatic rings. The van der Waals surface area contributed by atoms with Gasteiger partial charge in [-0.1, -0.05) is 0 Å². The Bertz CT molecular complexity index is 187. The highest BCUT2D eigenvalue weighted by Gasteiger charge is 1.92. The Morgan fingerprint density at radius 1 is 1.89 bits per heavy atom. The minimum Gasteiger partial charge on any atom is -0.275 e. The summed E-state index contributed by atoms with van der Waals surface area (Å²) in [5, 5.41) is 4.56. The molecule has 0 aliphatic carbocycles. The largest absolute Gasteiger partial charge is 0.275 e. The highest BCUT2D eigenvalue weighted by molar-refractivity contribution is 8.00. The molecule has 0 atom stereocenters. The number of hydrogen-bond donors (Lipinski definition) is 0. The maximum atomic E-state index is 5.47. The second-order valence-electron chi connectivity index (χ2n) is 1.60. The topological polar surface area (TPSA) is 17.8 Å². The molecule has 0 saturated carbocycles. The Kier molecular flexibility index (Phi) is 2.42. The van der Waals surface area contributed by atoms with Crippen LogP contribution in [-0.2, 0) is 7.05 Å². The number of halogens is 1. The molecule has 0 amide bonds. The normalized spacial score (nSPS) is 10.0. The molecule has 1 rings (SSSR count). The van der Waals surface area contributed by atoms with Crippen LogP contribution in [0.4, 0.5) is 0 Å². The lowest BCUT2D eigenvalue weighted by Crippen LogP contribution is -1.83. The molecule has 0 fully saturated rings. The van der Waals surface area contributed by atoms with Crippen molar-refractivity contribution in [2.24, 2.45) is 7.05 Å². The molecule has 2 nitrogen and oxygen atoms in total. The zero-order valence-electron chi connectivity index (χ0n) is 5.04. The third-order valence-electron chi connectivity index (χ3n) is 0.902. The fraction of sp³-hybridized carbons (Fsp3) is 0.400. The first-order valence-electron chi connectivity index (χ1n) is 2.50. The van der Waals surface area contributed by atoms with Gasteiger partial charge in [0.05, 0.1) is 11.4 Å². The van der Waals surface area contributed by atoms with Gasteiger partial charge >= 0.3 is 0 Å². The molecule has 0 unspecified atom stereocenters. The zero-order valence-corrected chi connectivity index (χ0v) is 6.61. The predicted molar refractivity (Wildman–Crippen MR) is 39.8 cm³/mol.